The van der Waals surface area contributed by atoms with E-state index in [-0.39, 0.29) is 5.91 Å². The molecule has 2 aromatic rings. The number of benzene rings is 1. The van der Waals surface area contributed by atoms with Crippen molar-refractivity contribution in [2.75, 3.05) is 0 Å². The quantitative estimate of drug-likeness (QED) is 0.875. The summed E-state index contributed by atoms with van der Waals surface area (Å²) in [7, 11) is 0. The SMILES string of the molecule is O=C(NCc1ccccn1)c1cccc(I)c1. The van der Waals surface area contributed by atoms with Gasteiger partial charge in [0.1, 0.15) is 0 Å². The van der Waals surface area contributed by atoms with Gasteiger partial charge in [-0.2, -0.15) is 0 Å². The van der Waals surface area contributed by atoms with Crippen LogP contribution in [0, 0.1) is 3.57 Å². The molecule has 4 heteroatoms. The molecule has 0 aliphatic heterocycles. The minimum Gasteiger partial charge on any atom is -0.346 e. The van der Waals surface area contributed by atoms with Gasteiger partial charge in [0.05, 0.1) is 12.2 Å². The van der Waals surface area contributed by atoms with Crippen molar-refractivity contribution in [3.8, 4) is 0 Å². The lowest BCUT2D eigenvalue weighted by Gasteiger charge is -2.04. The second kappa shape index (κ2) is 5.77. The monoisotopic (exact) mass is 338 g/mol. The number of carbonyl (C=O) groups excluding carboxylic acids is 1. The smallest absolute Gasteiger partial charge is 0.251 e. The number of hydrogen-bond acceptors (Lipinski definition) is 2. The first-order valence-electron chi connectivity index (χ1n) is 5.19. The van der Waals surface area contributed by atoms with E-state index in [4.69, 9.17) is 0 Å². The van der Waals surface area contributed by atoms with Crippen LogP contribution in [0.2, 0.25) is 0 Å². The number of rotatable bonds is 3. The molecule has 1 heterocycles. The first-order chi connectivity index (χ1) is 8.25. The van der Waals surface area contributed by atoms with Crippen LogP contribution in [0.3, 0.4) is 0 Å². The Morgan fingerprint density at radius 2 is 2.12 bits per heavy atom. The van der Waals surface area contributed by atoms with E-state index in [1.165, 1.54) is 0 Å². The van der Waals surface area contributed by atoms with Crippen LogP contribution < -0.4 is 5.32 Å². The Morgan fingerprint density at radius 3 is 2.82 bits per heavy atom. The van der Waals surface area contributed by atoms with E-state index < -0.39 is 0 Å². The third kappa shape index (κ3) is 3.52. The summed E-state index contributed by atoms with van der Waals surface area (Å²) in [5.41, 5.74) is 1.53. The number of nitrogens with one attached hydrogen (secondary N) is 1. The van der Waals surface area contributed by atoms with Gasteiger partial charge in [-0.05, 0) is 52.9 Å². The van der Waals surface area contributed by atoms with E-state index in [1.54, 1.807) is 12.3 Å². The van der Waals surface area contributed by atoms with Crippen molar-refractivity contribution >= 4 is 28.5 Å². The fourth-order valence-electron chi connectivity index (χ4n) is 1.41. The molecule has 2 rings (SSSR count). The third-order valence-electron chi connectivity index (χ3n) is 2.24. The van der Waals surface area contributed by atoms with Crippen LogP contribution in [0.4, 0.5) is 0 Å². The van der Waals surface area contributed by atoms with Crippen LogP contribution in [0.15, 0.2) is 48.7 Å². The molecule has 1 N–H and O–H groups in total. The van der Waals surface area contributed by atoms with Crippen molar-refractivity contribution < 1.29 is 4.79 Å². The van der Waals surface area contributed by atoms with E-state index in [9.17, 15) is 4.79 Å². The Hall–Kier alpha value is -1.43. The number of pyridine rings is 1. The summed E-state index contributed by atoms with van der Waals surface area (Å²) in [6.45, 7) is 0.450. The van der Waals surface area contributed by atoms with Crippen LogP contribution in [0.5, 0.6) is 0 Å². The van der Waals surface area contributed by atoms with Gasteiger partial charge in [0.15, 0.2) is 0 Å². The van der Waals surface area contributed by atoms with E-state index in [0.717, 1.165) is 9.26 Å². The number of nitrogens with zero attached hydrogens (tertiary/aromatic N) is 1. The van der Waals surface area contributed by atoms with Gasteiger partial charge in [-0.1, -0.05) is 12.1 Å². The second-order valence-corrected chi connectivity index (χ2v) is 4.76. The van der Waals surface area contributed by atoms with Gasteiger partial charge in [0.2, 0.25) is 0 Å². The zero-order valence-corrected chi connectivity index (χ0v) is 11.2. The lowest BCUT2D eigenvalue weighted by Crippen LogP contribution is -2.23. The molecule has 0 fully saturated rings. The lowest BCUT2D eigenvalue weighted by atomic mass is 10.2. The first kappa shape index (κ1) is 12.0. The minimum absolute atomic E-state index is 0.0748. The van der Waals surface area contributed by atoms with Crippen LogP contribution >= 0.6 is 22.6 Å². The summed E-state index contributed by atoms with van der Waals surface area (Å²) >= 11 is 2.19. The van der Waals surface area contributed by atoms with Crippen LogP contribution in [0.1, 0.15) is 16.1 Å². The zero-order chi connectivity index (χ0) is 12.1. The highest BCUT2D eigenvalue weighted by Crippen LogP contribution is 2.07. The number of amides is 1. The number of hydrogen-bond donors (Lipinski definition) is 1. The lowest BCUT2D eigenvalue weighted by molar-refractivity contribution is 0.0950. The molecule has 0 radical (unpaired) electrons. The Morgan fingerprint density at radius 1 is 1.24 bits per heavy atom. The predicted octanol–water partition coefficient (Wildman–Crippen LogP) is 2.62. The maximum absolute atomic E-state index is 11.8. The van der Waals surface area contributed by atoms with Gasteiger partial charge < -0.3 is 5.32 Å². The van der Waals surface area contributed by atoms with Crippen molar-refractivity contribution in [2.24, 2.45) is 0 Å². The molecule has 1 aromatic heterocycles. The van der Waals surface area contributed by atoms with Crippen molar-refractivity contribution in [2.45, 2.75) is 6.54 Å². The molecule has 17 heavy (non-hydrogen) atoms. The molecule has 1 aromatic carbocycles. The van der Waals surface area contributed by atoms with Gasteiger partial charge in [-0.3, -0.25) is 9.78 Å². The van der Waals surface area contributed by atoms with E-state index in [0.29, 0.717) is 12.1 Å². The molecular weight excluding hydrogens is 327 g/mol. The Bertz CT molecular complexity index is 514. The summed E-state index contributed by atoms with van der Waals surface area (Å²) in [5.74, 6) is -0.0748. The molecule has 0 aliphatic carbocycles. The van der Waals surface area contributed by atoms with E-state index in [1.807, 2.05) is 36.4 Å². The standard InChI is InChI=1S/C13H11IN2O/c14-11-5-3-4-10(8-11)13(17)16-9-12-6-1-2-7-15-12/h1-8H,9H2,(H,16,17). The molecule has 0 unspecified atom stereocenters. The van der Waals surface area contributed by atoms with E-state index >= 15 is 0 Å². The van der Waals surface area contributed by atoms with Gasteiger partial charge in [0, 0.05) is 15.3 Å². The minimum atomic E-state index is -0.0748. The van der Waals surface area contributed by atoms with E-state index in [2.05, 4.69) is 32.9 Å². The average molecular weight is 338 g/mol. The average Bonchev–Trinajstić information content (AvgIpc) is 2.37. The highest BCUT2D eigenvalue weighted by Gasteiger charge is 2.05. The Labute approximate surface area is 113 Å². The molecular formula is C13H11IN2O. The zero-order valence-electron chi connectivity index (χ0n) is 9.06. The molecule has 3 nitrogen and oxygen atoms in total. The summed E-state index contributed by atoms with van der Waals surface area (Å²) in [6.07, 6.45) is 1.72. The maximum Gasteiger partial charge on any atom is 0.251 e. The molecule has 0 bridgehead atoms. The molecule has 0 saturated heterocycles. The van der Waals surface area contributed by atoms with Gasteiger partial charge >= 0.3 is 0 Å². The molecule has 0 saturated carbocycles. The fourth-order valence-corrected chi connectivity index (χ4v) is 1.95. The first-order valence-corrected chi connectivity index (χ1v) is 6.27. The molecule has 0 spiro atoms. The largest absolute Gasteiger partial charge is 0.346 e. The van der Waals surface area contributed by atoms with Crippen molar-refractivity contribution in [3.05, 3.63) is 63.5 Å². The van der Waals surface area contributed by atoms with Gasteiger partial charge in [-0.25, -0.2) is 0 Å². The second-order valence-electron chi connectivity index (χ2n) is 3.51. The summed E-state index contributed by atoms with van der Waals surface area (Å²) in [5, 5.41) is 2.84. The molecule has 0 aliphatic rings. The summed E-state index contributed by atoms with van der Waals surface area (Å²) < 4.78 is 1.05. The van der Waals surface area contributed by atoms with Crippen LogP contribution in [0.25, 0.3) is 0 Å². The molecule has 0 atom stereocenters. The van der Waals surface area contributed by atoms with Crippen molar-refractivity contribution in [3.63, 3.8) is 0 Å². The Balaban J connectivity index is 1.98. The van der Waals surface area contributed by atoms with Gasteiger partial charge in [0.25, 0.3) is 5.91 Å². The van der Waals surface area contributed by atoms with Crippen LogP contribution in [-0.2, 0) is 6.54 Å². The highest BCUT2D eigenvalue weighted by atomic mass is 127. The van der Waals surface area contributed by atoms with Crippen LogP contribution in [-0.4, -0.2) is 10.9 Å². The maximum atomic E-state index is 11.8. The number of halogens is 1. The topological polar surface area (TPSA) is 42.0 Å². The summed E-state index contributed by atoms with van der Waals surface area (Å²) in [4.78, 5) is 16.0. The Kier molecular flexibility index (Phi) is 4.08. The fraction of sp³-hybridized carbons (Fsp3) is 0.0769. The summed E-state index contributed by atoms with van der Waals surface area (Å²) in [6, 6.07) is 13.1. The normalized spacial score (nSPS) is 9.94. The highest BCUT2D eigenvalue weighted by molar-refractivity contribution is 14.1. The van der Waals surface area contributed by atoms with Crippen molar-refractivity contribution in [1.82, 2.24) is 10.3 Å². The molecule has 86 valence electrons. The predicted molar refractivity (Wildman–Crippen MR) is 74.6 cm³/mol. The van der Waals surface area contributed by atoms with Gasteiger partial charge in [-0.15, -0.1) is 0 Å². The third-order valence-corrected chi connectivity index (χ3v) is 2.91. The number of carbonyl (C=O) groups is 1. The number of aromatic nitrogens is 1. The molecule has 1 amide bonds. The van der Waals surface area contributed by atoms with Crippen molar-refractivity contribution in [1.29, 1.82) is 0 Å².